The van der Waals surface area contributed by atoms with Crippen molar-refractivity contribution in [1.82, 2.24) is 9.03 Å². The fraction of sp³-hybridized carbons (Fsp3) is 0.562. The predicted octanol–water partition coefficient (Wildman–Crippen LogP) is 0.895. The zero-order valence-electron chi connectivity index (χ0n) is 13.6. The van der Waals surface area contributed by atoms with Gasteiger partial charge in [0.1, 0.15) is 6.04 Å². The summed E-state index contributed by atoms with van der Waals surface area (Å²) < 4.78 is 29.1. The average molecular weight is 339 g/mol. The van der Waals surface area contributed by atoms with Crippen LogP contribution < -0.4 is 10.5 Å². The summed E-state index contributed by atoms with van der Waals surface area (Å²) >= 11 is 0. The Morgan fingerprint density at radius 1 is 1.26 bits per heavy atom. The van der Waals surface area contributed by atoms with Gasteiger partial charge in [0.05, 0.1) is 0 Å². The highest BCUT2D eigenvalue weighted by Gasteiger charge is 2.33. The van der Waals surface area contributed by atoms with Crippen LogP contribution in [-0.2, 0) is 21.4 Å². The van der Waals surface area contributed by atoms with Crippen molar-refractivity contribution in [3.8, 4) is 0 Å². The summed E-state index contributed by atoms with van der Waals surface area (Å²) in [5.74, 6) is -0.0662. The Morgan fingerprint density at radius 3 is 2.35 bits per heavy atom. The third-order valence-corrected chi connectivity index (χ3v) is 5.65. The standard InChI is InChI=1S/C16H25N3O3S/c1-12-8-13(2)11-19(10-12)23(21,22)18-15(16(17)20)9-14-6-4-3-5-7-14/h3-7,12-13,15,18H,8-11H2,1-2H3,(H2,17,20)/t12-,13+,15-/m1/s1. The number of carbonyl (C=O) groups excluding carboxylic acids is 1. The average Bonchev–Trinajstić information content (AvgIpc) is 2.46. The van der Waals surface area contributed by atoms with E-state index in [0.717, 1.165) is 12.0 Å². The van der Waals surface area contributed by atoms with Crippen LogP contribution in [-0.4, -0.2) is 37.8 Å². The van der Waals surface area contributed by atoms with E-state index in [0.29, 0.717) is 24.9 Å². The molecule has 3 atom stereocenters. The van der Waals surface area contributed by atoms with Gasteiger partial charge in [-0.3, -0.25) is 4.79 Å². The number of amides is 1. The molecule has 1 aliphatic heterocycles. The van der Waals surface area contributed by atoms with Crippen molar-refractivity contribution < 1.29 is 13.2 Å². The number of carbonyl (C=O) groups is 1. The molecule has 1 aromatic rings. The van der Waals surface area contributed by atoms with E-state index in [1.807, 2.05) is 44.2 Å². The first-order valence-electron chi connectivity index (χ1n) is 7.88. The van der Waals surface area contributed by atoms with Gasteiger partial charge in [0.15, 0.2) is 0 Å². The summed E-state index contributed by atoms with van der Waals surface area (Å²) in [6.45, 7) is 5.01. The van der Waals surface area contributed by atoms with Crippen molar-refractivity contribution in [3.05, 3.63) is 35.9 Å². The number of nitrogens with two attached hydrogens (primary N) is 1. The van der Waals surface area contributed by atoms with Gasteiger partial charge in [0, 0.05) is 13.1 Å². The summed E-state index contributed by atoms with van der Waals surface area (Å²) in [5, 5.41) is 0. The number of hydrogen-bond acceptors (Lipinski definition) is 3. The first kappa shape index (κ1) is 17.9. The monoisotopic (exact) mass is 339 g/mol. The minimum atomic E-state index is -3.73. The maximum Gasteiger partial charge on any atom is 0.280 e. The van der Waals surface area contributed by atoms with E-state index in [4.69, 9.17) is 5.73 Å². The molecule has 3 N–H and O–H groups in total. The first-order chi connectivity index (χ1) is 10.8. The van der Waals surface area contributed by atoms with Crippen LogP contribution in [0.2, 0.25) is 0 Å². The molecule has 0 saturated carbocycles. The van der Waals surface area contributed by atoms with Crippen molar-refractivity contribution in [2.24, 2.45) is 17.6 Å². The molecule has 1 amide bonds. The van der Waals surface area contributed by atoms with E-state index in [2.05, 4.69) is 4.72 Å². The van der Waals surface area contributed by atoms with Crippen LogP contribution in [0.5, 0.6) is 0 Å². The molecule has 0 unspecified atom stereocenters. The van der Waals surface area contributed by atoms with Crippen molar-refractivity contribution in [3.63, 3.8) is 0 Å². The fourth-order valence-electron chi connectivity index (χ4n) is 3.11. The van der Waals surface area contributed by atoms with Crippen LogP contribution in [0.3, 0.4) is 0 Å². The zero-order valence-corrected chi connectivity index (χ0v) is 14.4. The quantitative estimate of drug-likeness (QED) is 0.806. The molecule has 0 bridgehead atoms. The van der Waals surface area contributed by atoms with Gasteiger partial charge in [-0.25, -0.2) is 0 Å². The molecular formula is C16H25N3O3S. The third-order valence-electron chi connectivity index (χ3n) is 4.09. The highest BCUT2D eigenvalue weighted by atomic mass is 32.2. The molecule has 0 aromatic heterocycles. The van der Waals surface area contributed by atoms with Gasteiger partial charge in [-0.05, 0) is 30.2 Å². The van der Waals surface area contributed by atoms with Gasteiger partial charge >= 0.3 is 0 Å². The van der Waals surface area contributed by atoms with E-state index >= 15 is 0 Å². The zero-order chi connectivity index (χ0) is 17.0. The van der Waals surface area contributed by atoms with Crippen molar-refractivity contribution in [1.29, 1.82) is 0 Å². The lowest BCUT2D eigenvalue weighted by molar-refractivity contribution is -0.119. The highest BCUT2D eigenvalue weighted by Crippen LogP contribution is 2.22. The van der Waals surface area contributed by atoms with Gasteiger partial charge in [-0.2, -0.15) is 17.4 Å². The first-order valence-corrected chi connectivity index (χ1v) is 9.32. The number of benzene rings is 1. The molecule has 1 fully saturated rings. The maximum atomic E-state index is 12.6. The van der Waals surface area contributed by atoms with E-state index in [1.54, 1.807) is 0 Å². The second-order valence-corrected chi connectivity index (χ2v) is 8.23. The van der Waals surface area contributed by atoms with Crippen LogP contribution in [0, 0.1) is 11.8 Å². The lowest BCUT2D eigenvalue weighted by Crippen LogP contribution is -2.54. The van der Waals surface area contributed by atoms with Crippen LogP contribution in [0.4, 0.5) is 0 Å². The second-order valence-electron chi connectivity index (χ2n) is 6.53. The fourth-order valence-corrected chi connectivity index (χ4v) is 4.72. The molecule has 0 spiro atoms. The molecule has 0 radical (unpaired) electrons. The Morgan fingerprint density at radius 2 is 1.83 bits per heavy atom. The Hall–Kier alpha value is -1.44. The molecule has 128 valence electrons. The van der Waals surface area contributed by atoms with Gasteiger partial charge < -0.3 is 5.73 Å². The van der Waals surface area contributed by atoms with E-state index in [-0.39, 0.29) is 6.42 Å². The molecular weight excluding hydrogens is 314 g/mol. The van der Waals surface area contributed by atoms with Crippen molar-refractivity contribution >= 4 is 16.1 Å². The topological polar surface area (TPSA) is 92.5 Å². The largest absolute Gasteiger partial charge is 0.368 e. The van der Waals surface area contributed by atoms with Gasteiger partial charge in [-0.15, -0.1) is 0 Å². The minimum Gasteiger partial charge on any atom is -0.368 e. The van der Waals surface area contributed by atoms with Crippen molar-refractivity contribution in [2.75, 3.05) is 13.1 Å². The SMILES string of the molecule is C[C@@H]1C[C@H](C)CN(S(=O)(=O)N[C@H](Cc2ccccc2)C(N)=O)C1. The molecule has 1 heterocycles. The van der Waals surface area contributed by atoms with Crippen LogP contribution in [0.15, 0.2) is 30.3 Å². The van der Waals surface area contributed by atoms with E-state index in [1.165, 1.54) is 4.31 Å². The Balaban J connectivity index is 2.10. The van der Waals surface area contributed by atoms with Crippen LogP contribution >= 0.6 is 0 Å². The van der Waals surface area contributed by atoms with E-state index < -0.39 is 22.2 Å². The summed E-state index contributed by atoms with van der Waals surface area (Å²) in [6.07, 6.45) is 1.25. The summed E-state index contributed by atoms with van der Waals surface area (Å²) in [4.78, 5) is 11.7. The second kappa shape index (κ2) is 7.42. The number of nitrogens with one attached hydrogen (secondary N) is 1. The minimum absolute atomic E-state index is 0.244. The molecule has 23 heavy (non-hydrogen) atoms. The highest BCUT2D eigenvalue weighted by molar-refractivity contribution is 7.87. The smallest absolute Gasteiger partial charge is 0.280 e. The predicted molar refractivity (Wildman–Crippen MR) is 89.7 cm³/mol. The van der Waals surface area contributed by atoms with Crippen molar-refractivity contribution in [2.45, 2.75) is 32.7 Å². The summed E-state index contributed by atoms with van der Waals surface area (Å²) in [6, 6.07) is 8.29. The number of primary amides is 1. The molecule has 1 saturated heterocycles. The number of piperidine rings is 1. The molecule has 7 heteroatoms. The number of nitrogens with zero attached hydrogens (tertiary/aromatic N) is 1. The van der Waals surface area contributed by atoms with Crippen LogP contribution in [0.25, 0.3) is 0 Å². The lowest BCUT2D eigenvalue weighted by Gasteiger charge is -2.34. The molecule has 1 aliphatic rings. The summed E-state index contributed by atoms with van der Waals surface area (Å²) in [7, 11) is -3.73. The van der Waals surface area contributed by atoms with Gasteiger partial charge in [0.25, 0.3) is 10.2 Å². The molecule has 0 aliphatic carbocycles. The molecule has 6 nitrogen and oxygen atoms in total. The Bertz CT molecular complexity index is 623. The Kier molecular flexibility index (Phi) is 5.78. The summed E-state index contributed by atoms with van der Waals surface area (Å²) in [5.41, 5.74) is 6.25. The van der Waals surface area contributed by atoms with Crippen LogP contribution in [0.1, 0.15) is 25.8 Å². The Labute approximate surface area is 138 Å². The van der Waals surface area contributed by atoms with Gasteiger partial charge in [0.2, 0.25) is 5.91 Å². The third kappa shape index (κ3) is 5.02. The number of hydrogen-bond donors (Lipinski definition) is 2. The lowest BCUT2D eigenvalue weighted by atomic mass is 9.94. The molecule has 2 rings (SSSR count). The van der Waals surface area contributed by atoms with E-state index in [9.17, 15) is 13.2 Å². The number of rotatable bonds is 6. The maximum absolute atomic E-state index is 12.6. The molecule has 1 aromatic carbocycles. The van der Waals surface area contributed by atoms with Gasteiger partial charge in [-0.1, -0.05) is 44.2 Å². The normalized spacial score (nSPS) is 24.3.